The van der Waals surface area contributed by atoms with Crippen molar-refractivity contribution in [1.82, 2.24) is 0 Å². The lowest BCUT2D eigenvalue weighted by atomic mass is 10.2. The third-order valence-corrected chi connectivity index (χ3v) is 4.28. The smallest absolute Gasteiger partial charge is 0.161 e. The third kappa shape index (κ3) is 24.0. The molecule has 3 nitrogen and oxygen atoms in total. The molecule has 0 aliphatic heterocycles. The first kappa shape index (κ1) is 38.1. The average Bonchev–Trinajstić information content (AvgIpc) is 3.06. The maximum atomic E-state index is 10.1. The molecule has 0 aliphatic rings. The van der Waals surface area contributed by atoms with E-state index in [1.807, 2.05) is 0 Å². The largest absolute Gasteiger partial charge is 0.504 e. The summed E-state index contributed by atoms with van der Waals surface area (Å²) in [6.45, 7) is 3.39. The maximum Gasteiger partial charge on any atom is 0.161 e. The molecule has 0 heterocycles. The minimum Gasteiger partial charge on any atom is -0.504 e. The SMILES string of the molecule is CC#CC#CC#CC#CC#CC#CC#CC#CC#CC#CC#CC#CC#CC#CC#CC.COc1cc(/C=C/C=O)c(Br)cc1O. The Hall–Kier alpha value is -7.89. The van der Waals surface area contributed by atoms with Crippen LogP contribution in [0.4, 0.5) is 0 Å². The molecule has 0 fully saturated rings. The number of hydrogen-bond donors (Lipinski definition) is 1. The highest BCUT2D eigenvalue weighted by molar-refractivity contribution is 9.10. The average molecular weight is 647 g/mol. The molecular formula is C42H15BrO3. The van der Waals surface area contributed by atoms with Gasteiger partial charge < -0.3 is 9.84 Å². The number of carbonyl (C=O) groups is 1. The van der Waals surface area contributed by atoms with E-state index >= 15 is 0 Å². The molecule has 0 aliphatic carbocycles. The molecule has 4 heteroatoms. The first-order valence-corrected chi connectivity index (χ1v) is 12.9. The number of aldehydes is 1. The van der Waals surface area contributed by atoms with Crippen LogP contribution in [0.3, 0.4) is 0 Å². The number of phenols is 1. The van der Waals surface area contributed by atoms with Gasteiger partial charge in [-0.15, -0.1) is 0 Å². The maximum absolute atomic E-state index is 10.1. The minimum atomic E-state index is 0.0580. The van der Waals surface area contributed by atoms with Gasteiger partial charge >= 0.3 is 0 Å². The Morgan fingerprint density at radius 2 is 0.826 bits per heavy atom. The summed E-state index contributed by atoms with van der Waals surface area (Å²) < 4.78 is 5.63. The van der Waals surface area contributed by atoms with Crippen LogP contribution in [0.15, 0.2) is 22.7 Å². The Morgan fingerprint density at radius 3 is 1.07 bits per heavy atom. The van der Waals surface area contributed by atoms with E-state index in [-0.39, 0.29) is 5.75 Å². The summed E-state index contributed by atoms with van der Waals surface area (Å²) in [4.78, 5) is 10.1. The Balaban J connectivity index is 0.00000119. The van der Waals surface area contributed by atoms with Crippen molar-refractivity contribution in [3.63, 3.8) is 0 Å². The zero-order chi connectivity index (χ0) is 33.8. The molecule has 0 amide bonds. The van der Waals surface area contributed by atoms with Crippen LogP contribution in [0.1, 0.15) is 19.4 Å². The van der Waals surface area contributed by atoms with Gasteiger partial charge in [0.2, 0.25) is 0 Å². The van der Waals surface area contributed by atoms with Gasteiger partial charge in [0.25, 0.3) is 0 Å². The quantitative estimate of drug-likeness (QED) is 0.311. The van der Waals surface area contributed by atoms with E-state index in [0.29, 0.717) is 16.5 Å². The van der Waals surface area contributed by atoms with E-state index in [4.69, 9.17) is 4.74 Å². The molecule has 0 bridgehead atoms. The van der Waals surface area contributed by atoms with Crippen molar-refractivity contribution in [2.24, 2.45) is 0 Å². The Kier molecular flexibility index (Phi) is 24.9. The van der Waals surface area contributed by atoms with Crippen LogP contribution in [0.5, 0.6) is 11.5 Å². The number of carbonyl (C=O) groups excluding carboxylic acids is 1. The molecular weight excluding hydrogens is 632 g/mol. The molecule has 0 radical (unpaired) electrons. The second-order valence-corrected chi connectivity index (χ2v) is 7.40. The summed E-state index contributed by atoms with van der Waals surface area (Å²) in [6, 6.07) is 3.16. The number of aromatic hydroxyl groups is 1. The minimum absolute atomic E-state index is 0.0580. The van der Waals surface area contributed by atoms with Crippen LogP contribution in [0.2, 0.25) is 0 Å². The van der Waals surface area contributed by atoms with Crippen molar-refractivity contribution in [2.75, 3.05) is 7.11 Å². The van der Waals surface area contributed by atoms with E-state index in [2.05, 4.69) is 194 Å². The second kappa shape index (κ2) is 30.1. The zero-order valence-electron chi connectivity index (χ0n) is 24.5. The molecule has 46 heavy (non-hydrogen) atoms. The fourth-order valence-electron chi connectivity index (χ4n) is 1.93. The second-order valence-electron chi connectivity index (χ2n) is 6.54. The fraction of sp³-hybridized carbons (Fsp3) is 0.0714. The molecule has 0 spiro atoms. The lowest BCUT2D eigenvalue weighted by Crippen LogP contribution is -1.85. The molecule has 0 aromatic heterocycles. The van der Waals surface area contributed by atoms with E-state index in [9.17, 15) is 9.90 Å². The monoisotopic (exact) mass is 646 g/mol. The third-order valence-electron chi connectivity index (χ3n) is 3.59. The summed E-state index contributed by atoms with van der Waals surface area (Å²) in [6.07, 6.45) is 3.68. The Morgan fingerprint density at radius 1 is 0.543 bits per heavy atom. The summed E-state index contributed by atoms with van der Waals surface area (Å²) in [5, 5.41) is 9.39. The van der Waals surface area contributed by atoms with Gasteiger partial charge in [0.1, 0.15) is 6.29 Å². The Labute approximate surface area is 280 Å². The highest BCUT2D eigenvalue weighted by Gasteiger charge is 2.05. The summed E-state index contributed by atoms with van der Waals surface area (Å²) in [5.41, 5.74) is 0.770. The molecule has 1 N–H and O–H groups in total. The van der Waals surface area contributed by atoms with Crippen LogP contribution in [-0.2, 0) is 4.79 Å². The predicted molar refractivity (Wildman–Crippen MR) is 185 cm³/mol. The van der Waals surface area contributed by atoms with Crippen molar-refractivity contribution < 1.29 is 14.6 Å². The fourth-order valence-corrected chi connectivity index (χ4v) is 2.39. The van der Waals surface area contributed by atoms with E-state index in [0.717, 1.165) is 5.56 Å². The summed E-state index contributed by atoms with van der Waals surface area (Å²) >= 11 is 3.26. The number of ether oxygens (including phenoxy) is 1. The van der Waals surface area contributed by atoms with Gasteiger partial charge in [-0.05, 0) is 132 Å². The molecule has 0 saturated carbocycles. The standard InChI is InChI=1S/C32H6.C10H9BrO3/c1-3-5-7-9-11-13-15-17-19-21-23-25-27-29-31-32-30-28-26-24-22-20-18-16-14-12-10-8-6-4-2;1-14-10-5-7(3-2-4-12)8(11)6-9(10)13/h1-2H3;2-6,13H,1H3/b;3-2+. The van der Waals surface area contributed by atoms with Gasteiger partial charge in [-0.25, -0.2) is 0 Å². The van der Waals surface area contributed by atoms with Crippen LogP contribution in [0.25, 0.3) is 6.08 Å². The van der Waals surface area contributed by atoms with E-state index in [1.54, 1.807) is 26.0 Å². The summed E-state index contributed by atoms with van der Waals surface area (Å²) in [7, 11) is 1.47. The number of benzene rings is 1. The Bertz CT molecular complexity index is 2200. The van der Waals surface area contributed by atoms with Crippen molar-refractivity contribution in [1.29, 1.82) is 0 Å². The molecule has 1 rings (SSSR count). The molecule has 0 saturated heterocycles. The topological polar surface area (TPSA) is 46.5 Å². The van der Waals surface area contributed by atoms with Gasteiger partial charge in [-0.2, -0.15) is 0 Å². The number of allylic oxidation sites excluding steroid dienone is 1. The van der Waals surface area contributed by atoms with Crippen LogP contribution < -0.4 is 4.74 Å². The molecule has 0 atom stereocenters. The van der Waals surface area contributed by atoms with Crippen molar-refractivity contribution >= 4 is 28.3 Å². The predicted octanol–water partition coefficient (Wildman–Crippen LogP) is 3.45. The lowest BCUT2D eigenvalue weighted by Gasteiger charge is -2.05. The number of phenolic OH excluding ortho intramolecular Hbond substituents is 1. The number of rotatable bonds is 3. The van der Waals surface area contributed by atoms with Gasteiger partial charge in [-0.1, -0.05) is 33.8 Å². The highest BCUT2D eigenvalue weighted by Crippen LogP contribution is 2.32. The van der Waals surface area contributed by atoms with Crippen molar-refractivity contribution in [2.45, 2.75) is 13.8 Å². The number of methoxy groups -OCH3 is 1. The van der Waals surface area contributed by atoms with E-state index in [1.165, 1.54) is 19.3 Å². The van der Waals surface area contributed by atoms with E-state index < -0.39 is 0 Å². The van der Waals surface area contributed by atoms with Crippen LogP contribution in [0, 0.1) is 178 Å². The van der Waals surface area contributed by atoms with Crippen LogP contribution in [-0.4, -0.2) is 18.5 Å². The van der Waals surface area contributed by atoms with Crippen LogP contribution >= 0.6 is 15.9 Å². The van der Waals surface area contributed by atoms with Gasteiger partial charge in [-0.3, -0.25) is 4.79 Å². The van der Waals surface area contributed by atoms with Crippen molar-refractivity contribution in [3.8, 4) is 189 Å². The first-order chi connectivity index (χ1) is 22.6. The molecule has 0 unspecified atom stereocenters. The highest BCUT2D eigenvalue weighted by atomic mass is 79.9. The normalized spacial score (nSPS) is 5.91. The summed E-state index contributed by atoms with van der Waals surface area (Å²) in [5.74, 6) is 76.0. The zero-order valence-corrected chi connectivity index (χ0v) is 26.1. The number of halogens is 1. The van der Waals surface area contributed by atoms with Gasteiger partial charge in [0.15, 0.2) is 11.5 Å². The van der Waals surface area contributed by atoms with Gasteiger partial charge in [0, 0.05) is 75.5 Å². The van der Waals surface area contributed by atoms with Crippen molar-refractivity contribution in [3.05, 3.63) is 28.2 Å². The lowest BCUT2D eigenvalue weighted by molar-refractivity contribution is -0.104. The molecule has 208 valence electrons. The first-order valence-electron chi connectivity index (χ1n) is 12.1. The molecule has 1 aromatic rings. The van der Waals surface area contributed by atoms with Gasteiger partial charge in [0.05, 0.1) is 7.11 Å². The molecule has 1 aromatic carbocycles. The number of hydrogen-bond acceptors (Lipinski definition) is 3.